The SMILES string of the molecule is CC(C)C(=O)CN1CCNCC1.CC(C)C(=O)[C@@H](N)CCN.CC(C)C(=O)[C@@H](N)CO.CCCNC(=O)C(C)C. The molecule has 0 spiro atoms. The van der Waals surface area contributed by atoms with Crippen molar-refractivity contribution < 1.29 is 24.3 Å². The van der Waals surface area contributed by atoms with E-state index in [9.17, 15) is 19.2 Å². The van der Waals surface area contributed by atoms with Crippen LogP contribution in [0.15, 0.2) is 0 Å². The van der Waals surface area contributed by atoms with Crippen LogP contribution in [0.25, 0.3) is 0 Å². The van der Waals surface area contributed by atoms with Crippen molar-refractivity contribution in [2.45, 2.75) is 87.2 Å². The summed E-state index contributed by atoms with van der Waals surface area (Å²) in [6.45, 7) is 22.7. The molecule has 0 unspecified atom stereocenters. The Kier molecular flexibility index (Phi) is 27.9. The van der Waals surface area contributed by atoms with Gasteiger partial charge in [-0.15, -0.1) is 0 Å². The summed E-state index contributed by atoms with van der Waals surface area (Å²) in [5, 5.41) is 14.5. The van der Waals surface area contributed by atoms with Gasteiger partial charge in [0.2, 0.25) is 5.91 Å². The van der Waals surface area contributed by atoms with Crippen LogP contribution in [-0.2, 0) is 19.2 Å². The lowest BCUT2D eigenvalue weighted by Crippen LogP contribution is -2.46. The number of aliphatic hydroxyl groups excluding tert-OH is 1. The highest BCUT2D eigenvalue weighted by Gasteiger charge is 2.16. The molecule has 0 aromatic carbocycles. The number of carbonyl (C=O) groups excluding carboxylic acids is 4. The molecule has 1 rings (SSSR count). The molecule has 1 aliphatic heterocycles. The molecule has 0 saturated carbocycles. The van der Waals surface area contributed by atoms with Gasteiger partial charge in [-0.25, -0.2) is 0 Å². The number of piperazine rings is 1. The van der Waals surface area contributed by atoms with E-state index in [1.54, 1.807) is 13.8 Å². The molecule has 1 heterocycles. The number of nitrogens with two attached hydrogens (primary N) is 3. The molecule has 11 heteroatoms. The molecular formula is C29H62N6O5. The number of rotatable bonds is 13. The third kappa shape index (κ3) is 24.1. The van der Waals surface area contributed by atoms with Gasteiger partial charge in [0.1, 0.15) is 5.78 Å². The molecule has 0 radical (unpaired) electrons. The number of Topliss-reactive ketones (excluding diaryl/α,β-unsaturated/α-hetero) is 3. The van der Waals surface area contributed by atoms with Crippen molar-refractivity contribution in [2.75, 3.05) is 52.4 Å². The molecule has 0 aliphatic carbocycles. The second-order valence-electron chi connectivity index (χ2n) is 11.2. The topological polar surface area (TPSA) is 194 Å². The van der Waals surface area contributed by atoms with Gasteiger partial charge in [-0.3, -0.25) is 24.1 Å². The number of hydrogen-bond donors (Lipinski definition) is 6. The Morgan fingerprint density at radius 2 is 1.30 bits per heavy atom. The molecule has 238 valence electrons. The molecule has 2 atom stereocenters. The van der Waals surface area contributed by atoms with Crippen molar-refractivity contribution in [1.82, 2.24) is 15.5 Å². The summed E-state index contributed by atoms with van der Waals surface area (Å²) < 4.78 is 0. The molecule has 9 N–H and O–H groups in total. The van der Waals surface area contributed by atoms with Gasteiger partial charge in [0.15, 0.2) is 11.6 Å². The zero-order valence-corrected chi connectivity index (χ0v) is 26.8. The van der Waals surface area contributed by atoms with E-state index in [0.29, 0.717) is 25.3 Å². The van der Waals surface area contributed by atoms with E-state index in [4.69, 9.17) is 22.3 Å². The Bertz CT molecular complexity index is 680. The second kappa shape index (κ2) is 26.2. The van der Waals surface area contributed by atoms with E-state index in [2.05, 4.69) is 15.5 Å². The first-order valence-electron chi connectivity index (χ1n) is 14.7. The summed E-state index contributed by atoms with van der Waals surface area (Å²) in [5.41, 5.74) is 16.0. The maximum absolute atomic E-state index is 11.3. The minimum atomic E-state index is -0.690. The molecule has 0 aromatic rings. The quantitative estimate of drug-likeness (QED) is 0.182. The molecular weight excluding hydrogens is 512 g/mol. The standard InChI is InChI=1S/C9H18N2O.C7H16N2O.C7H15NO.C6H13NO2/c1-8(2)9(12)7-11-5-3-10-4-6-11;1-5(2)7(10)6(9)3-4-8;1-4-5-8-7(9)6(2)3;1-4(2)6(9)5(7)3-8/h8,10H,3-7H2,1-2H3;5-6H,3-4,8-9H2,1-2H3;6H,4-5H2,1-3H3,(H,8,9);4-5,8H,3,7H2,1-2H3/t;6-;;5-/m.0.0/s1. The Morgan fingerprint density at radius 1 is 0.825 bits per heavy atom. The molecule has 1 saturated heterocycles. The number of ketones is 3. The zero-order valence-electron chi connectivity index (χ0n) is 26.8. The Hall–Kier alpha value is -1.76. The summed E-state index contributed by atoms with van der Waals surface area (Å²) in [6, 6.07) is -1.05. The molecule has 1 amide bonds. The number of hydrogen-bond acceptors (Lipinski definition) is 10. The van der Waals surface area contributed by atoms with Crippen LogP contribution < -0.4 is 27.8 Å². The van der Waals surface area contributed by atoms with E-state index >= 15 is 0 Å². The fourth-order valence-electron chi connectivity index (χ4n) is 2.99. The van der Waals surface area contributed by atoms with Crippen molar-refractivity contribution in [3.63, 3.8) is 0 Å². The predicted molar refractivity (Wildman–Crippen MR) is 164 cm³/mol. The highest BCUT2D eigenvalue weighted by Crippen LogP contribution is 2.00. The van der Waals surface area contributed by atoms with Gasteiger partial charge in [-0.2, -0.15) is 0 Å². The van der Waals surface area contributed by atoms with Crippen molar-refractivity contribution in [1.29, 1.82) is 0 Å². The molecule has 1 aliphatic rings. The van der Waals surface area contributed by atoms with Gasteiger partial charge in [0, 0.05) is 56.4 Å². The maximum atomic E-state index is 11.3. The van der Waals surface area contributed by atoms with Gasteiger partial charge in [0.05, 0.1) is 25.2 Å². The van der Waals surface area contributed by atoms with E-state index in [-0.39, 0.29) is 53.8 Å². The lowest BCUT2D eigenvalue weighted by Gasteiger charge is -2.26. The number of carbonyl (C=O) groups is 4. The Balaban J connectivity index is -0.000000461. The smallest absolute Gasteiger partial charge is 0.222 e. The van der Waals surface area contributed by atoms with Gasteiger partial charge in [0.25, 0.3) is 0 Å². The molecule has 1 fully saturated rings. The Morgan fingerprint density at radius 3 is 1.62 bits per heavy atom. The third-order valence-electron chi connectivity index (χ3n) is 5.85. The summed E-state index contributed by atoms with van der Waals surface area (Å²) in [5.74, 6) is 0.779. The van der Waals surface area contributed by atoms with Gasteiger partial charge < -0.3 is 32.9 Å². The van der Waals surface area contributed by atoms with Crippen LogP contribution in [0.1, 0.15) is 75.2 Å². The summed E-state index contributed by atoms with van der Waals surface area (Å²) >= 11 is 0. The van der Waals surface area contributed by atoms with Crippen LogP contribution in [0.3, 0.4) is 0 Å². The van der Waals surface area contributed by atoms with E-state index in [0.717, 1.165) is 39.1 Å². The maximum Gasteiger partial charge on any atom is 0.222 e. The summed E-state index contributed by atoms with van der Waals surface area (Å²) in [6.07, 6.45) is 1.61. The second-order valence-corrected chi connectivity index (χ2v) is 11.2. The molecule has 11 nitrogen and oxygen atoms in total. The minimum absolute atomic E-state index is 0.0292. The molecule has 0 aromatic heterocycles. The average molecular weight is 575 g/mol. The van der Waals surface area contributed by atoms with Crippen LogP contribution in [0.2, 0.25) is 0 Å². The zero-order chi connectivity index (χ0) is 31.8. The van der Waals surface area contributed by atoms with Crippen LogP contribution in [0, 0.1) is 23.7 Å². The average Bonchev–Trinajstić information content (AvgIpc) is 2.91. The van der Waals surface area contributed by atoms with E-state index in [1.807, 2.05) is 48.5 Å². The fourth-order valence-corrected chi connectivity index (χ4v) is 2.99. The first-order chi connectivity index (χ1) is 18.6. The van der Waals surface area contributed by atoms with Crippen molar-refractivity contribution in [3.8, 4) is 0 Å². The van der Waals surface area contributed by atoms with Gasteiger partial charge >= 0.3 is 0 Å². The van der Waals surface area contributed by atoms with Gasteiger partial charge in [-0.1, -0.05) is 62.3 Å². The highest BCUT2D eigenvalue weighted by molar-refractivity contribution is 5.86. The van der Waals surface area contributed by atoms with E-state index in [1.165, 1.54) is 0 Å². The Labute approximate surface area is 243 Å². The largest absolute Gasteiger partial charge is 0.394 e. The van der Waals surface area contributed by atoms with E-state index < -0.39 is 6.04 Å². The fraction of sp³-hybridized carbons (Fsp3) is 0.862. The highest BCUT2D eigenvalue weighted by atomic mass is 16.3. The van der Waals surface area contributed by atoms with Crippen molar-refractivity contribution >= 4 is 23.3 Å². The lowest BCUT2D eigenvalue weighted by molar-refractivity contribution is -0.124. The van der Waals surface area contributed by atoms with Gasteiger partial charge in [-0.05, 0) is 19.4 Å². The monoisotopic (exact) mass is 574 g/mol. The lowest BCUT2D eigenvalue weighted by atomic mass is 10.0. The van der Waals surface area contributed by atoms with Crippen molar-refractivity contribution in [2.24, 2.45) is 40.9 Å². The first-order valence-corrected chi connectivity index (χ1v) is 14.7. The minimum Gasteiger partial charge on any atom is -0.394 e. The number of nitrogens with zero attached hydrogens (tertiary/aromatic N) is 1. The van der Waals surface area contributed by atoms with Crippen LogP contribution in [0.5, 0.6) is 0 Å². The number of nitrogens with one attached hydrogen (secondary N) is 2. The van der Waals surface area contributed by atoms with Crippen molar-refractivity contribution in [3.05, 3.63) is 0 Å². The molecule has 40 heavy (non-hydrogen) atoms. The molecule has 0 bridgehead atoms. The normalized spacial score (nSPS) is 14.7. The number of amides is 1. The summed E-state index contributed by atoms with van der Waals surface area (Å²) in [7, 11) is 0. The third-order valence-corrected chi connectivity index (χ3v) is 5.85. The first kappa shape index (κ1) is 42.7. The number of aliphatic hydroxyl groups is 1. The van der Waals surface area contributed by atoms with Crippen LogP contribution >= 0.6 is 0 Å². The van der Waals surface area contributed by atoms with Crippen LogP contribution in [-0.4, -0.2) is 97.8 Å². The predicted octanol–water partition coefficient (Wildman–Crippen LogP) is 0.704. The summed E-state index contributed by atoms with van der Waals surface area (Å²) in [4.78, 5) is 46.2. The van der Waals surface area contributed by atoms with Crippen LogP contribution in [0.4, 0.5) is 0 Å².